The van der Waals surface area contributed by atoms with Crippen molar-refractivity contribution >= 4 is 38.2 Å². The number of sulfone groups is 1. The van der Waals surface area contributed by atoms with Crippen LogP contribution in [0.2, 0.25) is 0 Å². The van der Waals surface area contributed by atoms with E-state index in [-0.39, 0.29) is 24.3 Å². The molecule has 2 atom stereocenters. The summed E-state index contributed by atoms with van der Waals surface area (Å²) in [7, 11) is -3.78. The Kier molecular flexibility index (Phi) is 7.28. The normalized spacial score (nSPS) is 17.8. The molecule has 1 saturated heterocycles. The number of amides is 1. The summed E-state index contributed by atoms with van der Waals surface area (Å²) >= 11 is 0. The molecule has 0 saturated carbocycles. The van der Waals surface area contributed by atoms with Crippen LogP contribution in [0.3, 0.4) is 0 Å². The van der Waals surface area contributed by atoms with Crippen LogP contribution in [0.4, 0.5) is 15.9 Å². The van der Waals surface area contributed by atoms with E-state index in [1.54, 1.807) is 12.3 Å². The Morgan fingerprint density at radius 1 is 1.05 bits per heavy atom. The van der Waals surface area contributed by atoms with Gasteiger partial charge >= 0.3 is 0 Å². The molecule has 0 bridgehead atoms. The van der Waals surface area contributed by atoms with Crippen molar-refractivity contribution in [2.24, 2.45) is 0 Å². The van der Waals surface area contributed by atoms with Gasteiger partial charge in [0.25, 0.3) is 0 Å². The number of pyridine rings is 3. The topological polar surface area (TPSA) is 114 Å². The maximum atomic E-state index is 13.9. The molecule has 1 aromatic carbocycles. The SMILES string of the molecule is C[C@@H]1CN(c2cccc(-c3ccc4cnc(CC(=O)Nc5ccc(F)c(S(C)(=O)=O)c5)cc4n3)n2)C[C@H](C)O1. The van der Waals surface area contributed by atoms with Crippen molar-refractivity contribution in [1.82, 2.24) is 15.0 Å². The van der Waals surface area contributed by atoms with Gasteiger partial charge in [-0.2, -0.15) is 0 Å². The van der Waals surface area contributed by atoms with Crippen LogP contribution in [0.5, 0.6) is 0 Å². The molecule has 0 spiro atoms. The monoisotopic (exact) mass is 549 g/mol. The minimum Gasteiger partial charge on any atom is -0.372 e. The third-order valence-corrected chi connectivity index (χ3v) is 7.44. The van der Waals surface area contributed by atoms with Gasteiger partial charge in [-0.05, 0) is 62.4 Å². The van der Waals surface area contributed by atoms with Gasteiger partial charge in [-0.25, -0.2) is 22.8 Å². The Labute approximate surface area is 226 Å². The molecule has 3 aromatic heterocycles. The summed E-state index contributed by atoms with van der Waals surface area (Å²) < 4.78 is 43.3. The zero-order chi connectivity index (χ0) is 27.7. The lowest BCUT2D eigenvalue weighted by Gasteiger charge is -2.36. The summed E-state index contributed by atoms with van der Waals surface area (Å²) in [5.74, 6) is -0.432. The highest BCUT2D eigenvalue weighted by Gasteiger charge is 2.23. The first-order valence-corrected chi connectivity index (χ1v) is 14.4. The lowest BCUT2D eigenvalue weighted by molar-refractivity contribution is -0.115. The summed E-state index contributed by atoms with van der Waals surface area (Å²) in [6.45, 7) is 5.62. The second-order valence-corrected chi connectivity index (χ2v) is 11.7. The van der Waals surface area contributed by atoms with Crippen LogP contribution in [0, 0.1) is 5.82 Å². The number of rotatable bonds is 6. The van der Waals surface area contributed by atoms with E-state index in [4.69, 9.17) is 14.7 Å². The van der Waals surface area contributed by atoms with Crippen molar-refractivity contribution in [2.45, 2.75) is 37.4 Å². The molecule has 1 N–H and O–H groups in total. The Hall–Kier alpha value is -3.96. The second-order valence-electron chi connectivity index (χ2n) is 9.75. The van der Waals surface area contributed by atoms with E-state index >= 15 is 0 Å². The molecule has 1 amide bonds. The fourth-order valence-electron chi connectivity index (χ4n) is 4.64. The van der Waals surface area contributed by atoms with Gasteiger partial charge in [-0.1, -0.05) is 6.07 Å². The Morgan fingerprint density at radius 3 is 2.54 bits per heavy atom. The summed E-state index contributed by atoms with van der Waals surface area (Å²) in [6.07, 6.45) is 2.72. The Balaban J connectivity index is 1.35. The van der Waals surface area contributed by atoms with Gasteiger partial charge in [0.1, 0.15) is 16.5 Å². The zero-order valence-corrected chi connectivity index (χ0v) is 22.6. The van der Waals surface area contributed by atoms with E-state index in [1.165, 1.54) is 6.07 Å². The molecule has 9 nitrogen and oxygen atoms in total. The third-order valence-electron chi connectivity index (χ3n) is 6.33. The van der Waals surface area contributed by atoms with Crippen molar-refractivity contribution in [1.29, 1.82) is 0 Å². The van der Waals surface area contributed by atoms with E-state index in [9.17, 15) is 17.6 Å². The van der Waals surface area contributed by atoms with Crippen molar-refractivity contribution in [2.75, 3.05) is 29.6 Å². The number of hydrogen-bond donors (Lipinski definition) is 1. The second kappa shape index (κ2) is 10.7. The zero-order valence-electron chi connectivity index (χ0n) is 21.8. The fourth-order valence-corrected chi connectivity index (χ4v) is 5.40. The molecular weight excluding hydrogens is 521 g/mol. The maximum absolute atomic E-state index is 13.9. The number of anilines is 2. The molecule has 5 rings (SSSR count). The van der Waals surface area contributed by atoms with Crippen LogP contribution in [-0.4, -0.2) is 60.8 Å². The molecule has 1 aliphatic rings. The largest absolute Gasteiger partial charge is 0.372 e. The van der Waals surface area contributed by atoms with E-state index in [0.29, 0.717) is 16.9 Å². The van der Waals surface area contributed by atoms with Gasteiger partial charge in [0.05, 0.1) is 41.2 Å². The number of fused-ring (bicyclic) bond motifs is 1. The minimum absolute atomic E-state index is 0.0748. The molecule has 202 valence electrons. The van der Waals surface area contributed by atoms with Gasteiger partial charge in [-0.3, -0.25) is 9.78 Å². The lowest BCUT2D eigenvalue weighted by atomic mass is 10.1. The standard InChI is InChI=1S/C28H28FN5O4S/c1-17-15-34(16-18(2)38-17)27-6-4-5-23(33-27)24-10-7-19-14-30-21(11-25(19)32-24)13-28(35)31-20-8-9-22(29)26(12-20)39(3,36)37/h4-12,14,17-18H,13,15-16H2,1-3H3,(H,31,35)/t17-,18+. The first-order valence-electron chi connectivity index (χ1n) is 12.5. The molecule has 4 aromatic rings. The average Bonchev–Trinajstić information content (AvgIpc) is 2.88. The first-order chi connectivity index (χ1) is 18.5. The predicted molar refractivity (Wildman–Crippen MR) is 147 cm³/mol. The highest BCUT2D eigenvalue weighted by atomic mass is 32.2. The predicted octanol–water partition coefficient (Wildman–Crippen LogP) is 4.03. The molecule has 0 radical (unpaired) electrons. The third kappa shape index (κ3) is 6.21. The van der Waals surface area contributed by atoms with Crippen LogP contribution in [0.1, 0.15) is 19.5 Å². The van der Waals surface area contributed by atoms with Crippen molar-refractivity contribution < 1.29 is 22.3 Å². The number of aromatic nitrogens is 3. The number of ether oxygens (including phenoxy) is 1. The van der Waals surface area contributed by atoms with Crippen molar-refractivity contribution in [3.05, 3.63) is 72.3 Å². The van der Waals surface area contributed by atoms with Gasteiger partial charge in [-0.15, -0.1) is 0 Å². The smallest absolute Gasteiger partial charge is 0.230 e. The number of benzene rings is 1. The number of morpholine rings is 1. The quantitative estimate of drug-likeness (QED) is 0.384. The molecule has 11 heteroatoms. The minimum atomic E-state index is -3.78. The van der Waals surface area contributed by atoms with Crippen molar-refractivity contribution in [3.8, 4) is 11.4 Å². The van der Waals surface area contributed by atoms with Crippen LogP contribution >= 0.6 is 0 Å². The molecular formula is C28H28FN5O4S. The number of halogens is 1. The van der Waals surface area contributed by atoms with Crippen LogP contribution in [0.25, 0.3) is 22.3 Å². The Morgan fingerprint density at radius 2 is 1.79 bits per heavy atom. The van der Waals surface area contributed by atoms with Crippen LogP contribution in [0.15, 0.2) is 65.7 Å². The van der Waals surface area contributed by atoms with E-state index in [0.717, 1.165) is 48.4 Å². The molecule has 0 unspecified atom stereocenters. The maximum Gasteiger partial charge on any atom is 0.230 e. The molecule has 39 heavy (non-hydrogen) atoms. The van der Waals surface area contributed by atoms with E-state index < -0.39 is 26.5 Å². The number of carbonyl (C=O) groups excluding carboxylic acids is 1. The van der Waals surface area contributed by atoms with Crippen LogP contribution < -0.4 is 10.2 Å². The molecule has 1 fully saturated rings. The highest BCUT2D eigenvalue weighted by Crippen LogP contribution is 2.25. The number of nitrogens with one attached hydrogen (secondary N) is 1. The summed E-state index contributed by atoms with van der Waals surface area (Å²) in [5, 5.41) is 3.42. The van der Waals surface area contributed by atoms with E-state index in [2.05, 4.69) is 29.0 Å². The molecule has 0 aliphatic carbocycles. The van der Waals surface area contributed by atoms with Gasteiger partial charge in [0.15, 0.2) is 9.84 Å². The summed E-state index contributed by atoms with van der Waals surface area (Å²) in [6, 6.07) is 14.8. The van der Waals surface area contributed by atoms with E-state index in [1.807, 2.05) is 30.3 Å². The lowest BCUT2D eigenvalue weighted by Crippen LogP contribution is -2.45. The van der Waals surface area contributed by atoms with Crippen LogP contribution in [-0.2, 0) is 25.8 Å². The van der Waals surface area contributed by atoms with Gasteiger partial charge < -0.3 is 15.0 Å². The highest BCUT2D eigenvalue weighted by molar-refractivity contribution is 7.90. The fraction of sp³-hybridized carbons (Fsp3) is 0.286. The van der Waals surface area contributed by atoms with Crippen molar-refractivity contribution in [3.63, 3.8) is 0 Å². The molecule has 1 aliphatic heterocycles. The average molecular weight is 550 g/mol. The summed E-state index contributed by atoms with van der Waals surface area (Å²) in [5.41, 5.74) is 2.74. The molecule has 4 heterocycles. The number of carbonyl (C=O) groups is 1. The van der Waals surface area contributed by atoms with Gasteiger partial charge in [0, 0.05) is 36.6 Å². The Bertz CT molecular complexity index is 1650. The summed E-state index contributed by atoms with van der Waals surface area (Å²) in [4.78, 5) is 28.4. The number of hydrogen-bond acceptors (Lipinski definition) is 8. The first kappa shape index (κ1) is 26.6. The van der Waals surface area contributed by atoms with Gasteiger partial charge in [0.2, 0.25) is 5.91 Å². The number of nitrogens with zero attached hydrogens (tertiary/aromatic N) is 4.